The molecule has 0 aliphatic carbocycles. The van der Waals surface area contributed by atoms with E-state index in [2.05, 4.69) is 4.98 Å². The second-order valence-corrected chi connectivity index (χ2v) is 9.74. The van der Waals surface area contributed by atoms with Crippen molar-refractivity contribution >= 4 is 51.5 Å². The zero-order chi connectivity index (χ0) is 27.0. The van der Waals surface area contributed by atoms with Crippen LogP contribution in [0.1, 0.15) is 42.2 Å². The van der Waals surface area contributed by atoms with E-state index in [9.17, 15) is 14.3 Å². The predicted octanol–water partition coefficient (Wildman–Crippen LogP) is 6.35. The van der Waals surface area contributed by atoms with E-state index in [1.54, 1.807) is 48.5 Å². The number of furan rings is 1. The van der Waals surface area contributed by atoms with Crippen molar-refractivity contribution in [3.05, 3.63) is 93.6 Å². The summed E-state index contributed by atoms with van der Waals surface area (Å²) in [5.74, 6) is -0.675. The summed E-state index contributed by atoms with van der Waals surface area (Å²) in [5.41, 5.74) is 9.09. The highest BCUT2D eigenvalue weighted by Gasteiger charge is 2.27. The number of aliphatic hydroxyl groups is 1. The average molecular weight is 556 g/mol. The third-order valence-electron chi connectivity index (χ3n) is 6.60. The number of carbonyl (C=O) groups excluding carboxylic acids is 1. The molecule has 0 saturated carbocycles. The number of ether oxygens (including phenoxy) is 1. The van der Waals surface area contributed by atoms with Crippen LogP contribution in [-0.2, 0) is 4.79 Å². The van der Waals surface area contributed by atoms with Crippen LogP contribution in [0.5, 0.6) is 5.75 Å². The highest BCUT2D eigenvalue weighted by molar-refractivity contribution is 6.36. The molecule has 1 aliphatic rings. The molecule has 0 fully saturated rings. The molecule has 0 saturated heterocycles. The molecule has 1 aliphatic heterocycles. The molecule has 4 aromatic rings. The zero-order valence-electron chi connectivity index (χ0n) is 20.3. The van der Waals surface area contributed by atoms with Crippen LogP contribution in [0.4, 0.5) is 10.2 Å². The molecular weight excluding hydrogens is 532 g/mol. The number of carbonyl (C=O) groups is 1. The minimum atomic E-state index is -1.21. The first kappa shape index (κ1) is 26.0. The van der Waals surface area contributed by atoms with Crippen LogP contribution >= 0.6 is 23.2 Å². The number of nitrogen functional groups attached to an aromatic ring is 1. The van der Waals surface area contributed by atoms with Gasteiger partial charge < -0.3 is 24.9 Å². The number of nitrogens with zero attached hydrogens (tertiary/aromatic N) is 2. The van der Waals surface area contributed by atoms with E-state index >= 15 is 0 Å². The first-order valence-electron chi connectivity index (χ1n) is 11.9. The Bertz CT molecular complexity index is 1540. The molecule has 38 heavy (non-hydrogen) atoms. The Balaban J connectivity index is 1.38. The molecule has 0 spiro atoms. The topological polar surface area (TPSA) is 102 Å². The molecule has 2 atom stereocenters. The lowest BCUT2D eigenvalue weighted by molar-refractivity contribution is -0.140. The minimum Gasteiger partial charge on any atom is -0.478 e. The molecule has 3 N–H and O–H groups in total. The second-order valence-electron chi connectivity index (χ2n) is 8.96. The third kappa shape index (κ3) is 4.82. The van der Waals surface area contributed by atoms with Crippen LogP contribution in [0.25, 0.3) is 16.5 Å². The predicted molar refractivity (Wildman–Crippen MR) is 144 cm³/mol. The molecule has 3 heterocycles. The van der Waals surface area contributed by atoms with Gasteiger partial charge in [0.05, 0.1) is 16.7 Å². The quantitative estimate of drug-likeness (QED) is 0.269. The molecule has 7 nitrogen and oxygen atoms in total. The van der Waals surface area contributed by atoms with E-state index in [0.29, 0.717) is 36.0 Å². The SMILES string of the molecule is C[C@@H](Oc1c(N)ncc2c(C3=CCN(C(=O)[C@@H](O)c4ccccc4)CC3)coc12)c1c(Cl)ccc(F)c1Cl. The van der Waals surface area contributed by atoms with Crippen molar-refractivity contribution in [1.82, 2.24) is 9.88 Å². The normalized spacial score (nSPS) is 15.3. The molecule has 1 amide bonds. The van der Waals surface area contributed by atoms with Gasteiger partial charge in [-0.1, -0.05) is 59.6 Å². The van der Waals surface area contributed by atoms with Gasteiger partial charge >= 0.3 is 0 Å². The lowest BCUT2D eigenvalue weighted by Crippen LogP contribution is -2.38. The van der Waals surface area contributed by atoms with Crippen molar-refractivity contribution in [3.8, 4) is 5.75 Å². The lowest BCUT2D eigenvalue weighted by Gasteiger charge is -2.28. The van der Waals surface area contributed by atoms with Crippen molar-refractivity contribution in [3.63, 3.8) is 0 Å². The molecule has 0 bridgehead atoms. The molecule has 196 valence electrons. The highest BCUT2D eigenvalue weighted by atomic mass is 35.5. The Morgan fingerprint density at radius 2 is 2.00 bits per heavy atom. The van der Waals surface area contributed by atoms with Gasteiger partial charge in [-0.3, -0.25) is 4.79 Å². The number of pyridine rings is 1. The van der Waals surface area contributed by atoms with Gasteiger partial charge in [0.15, 0.2) is 17.5 Å². The Morgan fingerprint density at radius 1 is 1.24 bits per heavy atom. The largest absolute Gasteiger partial charge is 0.478 e. The fraction of sp³-hybridized carbons (Fsp3) is 0.214. The van der Waals surface area contributed by atoms with Gasteiger partial charge in [0, 0.05) is 35.4 Å². The van der Waals surface area contributed by atoms with E-state index < -0.39 is 18.0 Å². The summed E-state index contributed by atoms with van der Waals surface area (Å²) in [5, 5.41) is 11.3. The number of halogens is 3. The first-order valence-corrected chi connectivity index (χ1v) is 12.7. The summed E-state index contributed by atoms with van der Waals surface area (Å²) in [7, 11) is 0. The van der Waals surface area contributed by atoms with Gasteiger partial charge in [0.2, 0.25) is 5.75 Å². The second kappa shape index (κ2) is 10.6. The van der Waals surface area contributed by atoms with Gasteiger partial charge in [-0.15, -0.1) is 0 Å². The Labute approximate surface area is 228 Å². The van der Waals surface area contributed by atoms with Crippen LogP contribution in [-0.4, -0.2) is 34.0 Å². The standard InChI is InChI=1S/C28H24Cl2FN3O4/c1-15(22-20(29)7-8-21(31)23(22)30)38-26-25-18(13-33-27(26)32)19(14-37-25)16-9-11-34(12-10-16)28(36)24(35)17-5-3-2-4-6-17/h2-9,13-15,24,35H,10-12H2,1H3,(H2,32,33)/t15-,24+/m1/s1. The maximum atomic E-state index is 14.1. The molecule has 0 radical (unpaired) electrons. The van der Waals surface area contributed by atoms with Crippen LogP contribution in [0.3, 0.4) is 0 Å². The van der Waals surface area contributed by atoms with Crippen molar-refractivity contribution in [2.24, 2.45) is 0 Å². The zero-order valence-corrected chi connectivity index (χ0v) is 21.8. The molecular formula is C28H24Cl2FN3O4. The Hall–Kier alpha value is -3.59. The van der Waals surface area contributed by atoms with E-state index in [-0.39, 0.29) is 33.1 Å². The number of fused-ring (bicyclic) bond motifs is 1. The Morgan fingerprint density at radius 3 is 2.71 bits per heavy atom. The third-order valence-corrected chi connectivity index (χ3v) is 7.31. The number of anilines is 1. The van der Waals surface area contributed by atoms with Gasteiger partial charge in [-0.25, -0.2) is 9.37 Å². The van der Waals surface area contributed by atoms with E-state index in [1.807, 2.05) is 12.1 Å². The summed E-state index contributed by atoms with van der Waals surface area (Å²) in [6, 6.07) is 11.4. The maximum Gasteiger partial charge on any atom is 0.256 e. The summed E-state index contributed by atoms with van der Waals surface area (Å²) in [6.45, 7) is 2.44. The number of aromatic nitrogens is 1. The molecule has 10 heteroatoms. The summed E-state index contributed by atoms with van der Waals surface area (Å²) >= 11 is 12.4. The van der Waals surface area contributed by atoms with Crippen molar-refractivity contribution in [1.29, 1.82) is 0 Å². The Kier molecular flexibility index (Phi) is 7.29. The lowest BCUT2D eigenvalue weighted by atomic mass is 9.98. The number of hydrogen-bond donors (Lipinski definition) is 2. The van der Waals surface area contributed by atoms with Crippen LogP contribution in [0.2, 0.25) is 10.0 Å². The van der Waals surface area contributed by atoms with Crippen LogP contribution < -0.4 is 10.5 Å². The number of aliphatic hydroxyl groups excluding tert-OH is 1. The number of hydrogen-bond acceptors (Lipinski definition) is 6. The van der Waals surface area contributed by atoms with Gasteiger partial charge in [0.1, 0.15) is 11.9 Å². The maximum absolute atomic E-state index is 14.1. The van der Waals surface area contributed by atoms with E-state index in [1.165, 1.54) is 12.1 Å². The number of amides is 1. The average Bonchev–Trinajstić information content (AvgIpc) is 3.37. The number of rotatable bonds is 6. The van der Waals surface area contributed by atoms with Crippen molar-refractivity contribution in [2.45, 2.75) is 25.6 Å². The first-order chi connectivity index (χ1) is 18.3. The van der Waals surface area contributed by atoms with E-state index in [0.717, 1.165) is 11.1 Å². The summed E-state index contributed by atoms with van der Waals surface area (Å²) in [6.07, 6.45) is 3.70. The molecule has 0 unspecified atom stereocenters. The number of benzene rings is 2. The highest BCUT2D eigenvalue weighted by Crippen LogP contribution is 2.41. The van der Waals surface area contributed by atoms with Crippen LogP contribution in [0.15, 0.2) is 65.4 Å². The van der Waals surface area contributed by atoms with Gasteiger partial charge in [0.25, 0.3) is 5.91 Å². The molecule has 2 aromatic heterocycles. The van der Waals surface area contributed by atoms with Gasteiger partial charge in [-0.05, 0) is 36.6 Å². The minimum absolute atomic E-state index is 0.0955. The van der Waals surface area contributed by atoms with Gasteiger partial charge in [-0.2, -0.15) is 0 Å². The van der Waals surface area contributed by atoms with E-state index in [4.69, 9.17) is 38.1 Å². The van der Waals surface area contributed by atoms with Crippen molar-refractivity contribution < 1.29 is 23.4 Å². The fourth-order valence-electron chi connectivity index (χ4n) is 4.56. The summed E-state index contributed by atoms with van der Waals surface area (Å²) < 4.78 is 26.0. The summed E-state index contributed by atoms with van der Waals surface area (Å²) in [4.78, 5) is 18.7. The molecule has 2 aromatic carbocycles. The number of nitrogens with two attached hydrogens (primary N) is 1. The van der Waals surface area contributed by atoms with Crippen molar-refractivity contribution in [2.75, 3.05) is 18.8 Å². The monoisotopic (exact) mass is 555 g/mol. The fourth-order valence-corrected chi connectivity index (χ4v) is 5.24. The smallest absolute Gasteiger partial charge is 0.256 e. The van der Waals surface area contributed by atoms with Crippen LogP contribution in [0, 0.1) is 5.82 Å². The molecule has 5 rings (SSSR count).